The molecule has 0 bridgehead atoms. The van der Waals surface area contributed by atoms with Gasteiger partial charge in [-0.05, 0) is 84.6 Å². The zero-order chi connectivity index (χ0) is 45.0. The summed E-state index contributed by atoms with van der Waals surface area (Å²) in [5.41, 5.74) is 2.47. The second-order valence-electron chi connectivity index (χ2n) is 16.3. The first-order valence-electron chi connectivity index (χ1n) is 20.1. The number of sulfonamides is 1. The minimum atomic E-state index is -4.54. The molecule has 1 aromatic heterocycles. The highest BCUT2D eigenvalue weighted by Crippen LogP contribution is 2.40. The van der Waals surface area contributed by atoms with E-state index in [-0.39, 0.29) is 34.2 Å². The summed E-state index contributed by atoms with van der Waals surface area (Å²) in [5.74, 6) is -2.05. The lowest BCUT2D eigenvalue weighted by atomic mass is 9.88. The summed E-state index contributed by atoms with van der Waals surface area (Å²) in [7, 11) is -12.0. The van der Waals surface area contributed by atoms with Gasteiger partial charge in [-0.3, -0.25) is 14.9 Å². The highest BCUT2D eigenvalue weighted by atomic mass is 32.2. The van der Waals surface area contributed by atoms with Gasteiger partial charge in [0, 0.05) is 29.6 Å². The van der Waals surface area contributed by atoms with E-state index < -0.39 is 56.3 Å². The first-order valence-corrected chi connectivity index (χ1v) is 24.9. The molecule has 5 aromatic carbocycles. The maximum atomic E-state index is 14.7. The van der Waals surface area contributed by atoms with Crippen LogP contribution in [0.15, 0.2) is 155 Å². The number of non-ortho nitro benzene ring substituents is 1. The smallest absolute Gasteiger partial charge is 0.325 e. The maximum absolute atomic E-state index is 14.7. The summed E-state index contributed by atoms with van der Waals surface area (Å²) >= 11 is 0. The van der Waals surface area contributed by atoms with Gasteiger partial charge in [0.15, 0.2) is 0 Å². The summed E-state index contributed by atoms with van der Waals surface area (Å²) in [4.78, 5) is 24.6. The molecule has 0 saturated heterocycles. The zero-order valence-corrected chi connectivity index (χ0v) is 38.4. The summed E-state index contributed by atoms with van der Waals surface area (Å²) in [5, 5.41) is 13.5. The number of aryl methyl sites for hydroxylation is 1. The fourth-order valence-corrected chi connectivity index (χ4v) is 15.0. The molecule has 12 nitrogen and oxygen atoms in total. The Morgan fingerprint density at radius 3 is 1.90 bits per heavy atom. The zero-order valence-electron chi connectivity index (χ0n) is 35.7. The molecule has 0 saturated carbocycles. The van der Waals surface area contributed by atoms with E-state index in [1.165, 1.54) is 22.3 Å². The monoisotopic (exact) mass is 893 g/mol. The van der Waals surface area contributed by atoms with E-state index in [0.717, 1.165) is 40.2 Å². The van der Waals surface area contributed by atoms with Gasteiger partial charge in [-0.25, -0.2) is 20.8 Å². The van der Waals surface area contributed by atoms with Gasteiger partial charge >= 0.3 is 5.97 Å². The van der Waals surface area contributed by atoms with Crippen molar-refractivity contribution in [3.05, 3.63) is 172 Å². The van der Waals surface area contributed by atoms with Crippen LogP contribution in [0.1, 0.15) is 64.2 Å². The number of carbonyl (C=O) groups is 1. The molecule has 62 heavy (non-hydrogen) atoms. The average Bonchev–Trinajstić information content (AvgIpc) is 3.64. The second kappa shape index (κ2) is 18.3. The number of nitro groups is 1. The number of hydrogen-bond donors (Lipinski definition) is 1. The number of nitrogens with zero attached hydrogens (tertiary/aromatic N) is 2. The molecule has 15 heteroatoms. The van der Waals surface area contributed by atoms with Gasteiger partial charge in [-0.15, -0.1) is 0 Å². The van der Waals surface area contributed by atoms with Crippen LogP contribution in [0.5, 0.6) is 0 Å². The Morgan fingerprint density at radius 2 is 1.39 bits per heavy atom. The highest BCUT2D eigenvalue weighted by molar-refractivity contribution is 7.90. The summed E-state index contributed by atoms with van der Waals surface area (Å²) < 4.78 is 74.3. The topological polar surface area (TPSA) is 164 Å². The number of ether oxygens (including phenoxy) is 1. The number of allylic oxidation sites excluding steroid dienone is 1. The number of esters is 1. The van der Waals surface area contributed by atoms with Crippen LogP contribution in [-0.4, -0.2) is 52.7 Å². The maximum Gasteiger partial charge on any atom is 0.325 e. The van der Waals surface area contributed by atoms with Gasteiger partial charge in [0.25, 0.3) is 24.0 Å². The van der Waals surface area contributed by atoms with E-state index in [1.54, 1.807) is 51.1 Å². The number of rotatable bonds is 16. The Bertz CT molecular complexity index is 2780. The van der Waals surface area contributed by atoms with Gasteiger partial charge in [0.2, 0.25) is 10.0 Å². The average molecular weight is 894 g/mol. The molecule has 0 aliphatic carbocycles. The lowest BCUT2D eigenvalue weighted by Crippen LogP contribution is -2.66. The van der Waals surface area contributed by atoms with Gasteiger partial charge in [-0.2, -0.15) is 4.72 Å². The van der Waals surface area contributed by atoms with Gasteiger partial charge in [-0.1, -0.05) is 123 Å². The van der Waals surface area contributed by atoms with Crippen LogP contribution in [0.4, 0.5) is 5.69 Å². The molecule has 2 atom stereocenters. The number of hydrogen-bond acceptors (Lipinski definition) is 9. The first kappa shape index (κ1) is 45.8. The number of nitro benzene ring substituents is 1. The van der Waals surface area contributed by atoms with Crippen LogP contribution < -0.4 is 15.1 Å². The minimum absolute atomic E-state index is 0.0202. The van der Waals surface area contributed by atoms with E-state index in [0.29, 0.717) is 22.1 Å². The van der Waals surface area contributed by atoms with Crippen LogP contribution in [0.2, 0.25) is 5.04 Å². The Morgan fingerprint density at radius 1 is 0.823 bits per heavy atom. The predicted molar refractivity (Wildman–Crippen MR) is 244 cm³/mol. The quantitative estimate of drug-likeness (QED) is 0.0332. The number of nitrogens with one attached hydrogen (secondary N) is 1. The summed E-state index contributed by atoms with van der Waals surface area (Å²) in [6.07, 6.45) is 3.15. The van der Waals surface area contributed by atoms with E-state index in [2.05, 4.69) is 49.8 Å². The Balaban J connectivity index is 1.62. The summed E-state index contributed by atoms with van der Waals surface area (Å²) in [6, 6.07) is 34.6. The van der Waals surface area contributed by atoms with Crippen molar-refractivity contribution in [3.63, 3.8) is 0 Å². The van der Waals surface area contributed by atoms with Crippen molar-refractivity contribution >= 4 is 61.3 Å². The Labute approximate surface area is 364 Å². The van der Waals surface area contributed by atoms with Gasteiger partial charge < -0.3 is 9.16 Å². The third-order valence-corrected chi connectivity index (χ3v) is 18.9. The molecule has 0 aliphatic heterocycles. The molecule has 1 heterocycles. The van der Waals surface area contributed by atoms with Crippen molar-refractivity contribution in [2.24, 2.45) is 0 Å². The van der Waals surface area contributed by atoms with Crippen molar-refractivity contribution in [3.8, 4) is 0 Å². The van der Waals surface area contributed by atoms with Crippen molar-refractivity contribution in [1.82, 2.24) is 8.69 Å². The standard InChI is InChI=1S/C47H51N3O9S2Si/c1-8-58-46(51)45(48-60(54,55)37-28-24-36(25-29-37)50(52)53)41(30-33(2)3)42-31-49(61(56,57)38-26-22-34(4)23-27-38)43-21-15-16-35(44(42)43)32-59-62(47(5,6)7,39-17-11-9-12-18-39)40-19-13-10-14-20-40/h9-31,41,45,48H,8,32H2,1-7H3. The largest absolute Gasteiger partial charge is 0.465 e. The minimum Gasteiger partial charge on any atom is -0.465 e. The fraction of sp³-hybridized carbons (Fsp3) is 0.255. The van der Waals surface area contributed by atoms with Crippen LogP contribution in [-0.2, 0) is 40.6 Å². The third kappa shape index (κ3) is 9.22. The second-order valence-corrected chi connectivity index (χ2v) is 24.2. The molecule has 0 amide bonds. The molecule has 6 aromatic rings. The molecule has 0 aliphatic rings. The van der Waals surface area contributed by atoms with Crippen LogP contribution >= 0.6 is 0 Å². The lowest BCUT2D eigenvalue weighted by molar-refractivity contribution is -0.384. The van der Waals surface area contributed by atoms with E-state index in [9.17, 15) is 31.7 Å². The lowest BCUT2D eigenvalue weighted by Gasteiger charge is -2.43. The van der Waals surface area contributed by atoms with E-state index >= 15 is 0 Å². The summed E-state index contributed by atoms with van der Waals surface area (Å²) in [6.45, 7) is 13.4. The third-order valence-electron chi connectivity index (χ3n) is 10.8. The normalized spacial score (nSPS) is 13.3. The van der Waals surface area contributed by atoms with Crippen molar-refractivity contribution < 1.29 is 35.7 Å². The van der Waals surface area contributed by atoms with Crippen molar-refractivity contribution in [1.29, 1.82) is 0 Å². The first-order chi connectivity index (χ1) is 29.3. The molecule has 2 unspecified atom stereocenters. The SMILES string of the molecule is CCOC(=O)C(NS(=O)(=O)c1ccc([N+](=O)[O-])cc1)C(C=C(C)C)c1cn(S(=O)(=O)c2ccc(C)cc2)c2cccc(CO[Si](c3ccccc3)(c3ccccc3)C(C)(C)C)c12. The fourth-order valence-electron chi connectivity index (χ4n) is 7.91. The van der Waals surface area contributed by atoms with Gasteiger partial charge in [0.1, 0.15) is 6.04 Å². The van der Waals surface area contributed by atoms with Crippen molar-refractivity contribution in [2.45, 2.75) is 81.9 Å². The van der Waals surface area contributed by atoms with Crippen LogP contribution in [0.3, 0.4) is 0 Å². The molecule has 6 rings (SSSR count). The molecule has 1 N–H and O–H groups in total. The number of aromatic nitrogens is 1. The molecule has 0 spiro atoms. The predicted octanol–water partition coefficient (Wildman–Crippen LogP) is 8.13. The van der Waals surface area contributed by atoms with Crippen molar-refractivity contribution in [2.75, 3.05) is 6.61 Å². The Hall–Kier alpha value is -5.71. The molecular weight excluding hydrogens is 843 g/mol. The molecule has 324 valence electrons. The molecule has 0 fully saturated rings. The number of carbonyl (C=O) groups excluding carboxylic acids is 1. The van der Waals surface area contributed by atoms with Crippen LogP contribution in [0, 0.1) is 17.0 Å². The number of benzene rings is 5. The number of fused-ring (bicyclic) bond motifs is 1. The highest BCUT2D eigenvalue weighted by Gasteiger charge is 2.50. The van der Waals surface area contributed by atoms with Crippen LogP contribution in [0.25, 0.3) is 10.9 Å². The molecule has 0 radical (unpaired) electrons. The van der Waals surface area contributed by atoms with E-state index in [4.69, 9.17) is 9.16 Å². The molecular formula is C47H51N3O9S2Si. The van der Waals surface area contributed by atoms with Gasteiger partial charge in [0.05, 0.1) is 33.4 Å². The Kier molecular flexibility index (Phi) is 13.5. The van der Waals surface area contributed by atoms with E-state index in [1.807, 2.05) is 49.4 Å².